The highest BCUT2D eigenvalue weighted by atomic mass is 127. The van der Waals surface area contributed by atoms with Crippen LogP contribution in [-0.4, -0.2) is 55.1 Å². The Bertz CT molecular complexity index is 802. The number of hydrogen-bond acceptors (Lipinski definition) is 2. The number of rotatable bonds is 6. The van der Waals surface area contributed by atoms with Crippen molar-refractivity contribution in [1.29, 1.82) is 0 Å². The van der Waals surface area contributed by atoms with Gasteiger partial charge in [-0.05, 0) is 44.2 Å². The summed E-state index contributed by atoms with van der Waals surface area (Å²) < 4.78 is 0. The molecule has 1 aromatic heterocycles. The lowest BCUT2D eigenvalue weighted by Gasteiger charge is -2.33. The van der Waals surface area contributed by atoms with Gasteiger partial charge in [0.25, 0.3) is 0 Å². The Morgan fingerprint density at radius 3 is 2.75 bits per heavy atom. The van der Waals surface area contributed by atoms with Crippen LogP contribution < -0.4 is 10.6 Å². The molecule has 0 amide bonds. The molecule has 3 rings (SSSR count). The van der Waals surface area contributed by atoms with Crippen molar-refractivity contribution in [2.24, 2.45) is 4.99 Å². The number of nitrogens with zero attached hydrogens (tertiary/aromatic N) is 2. The molecule has 0 bridgehead atoms. The van der Waals surface area contributed by atoms with Gasteiger partial charge < -0.3 is 15.6 Å². The van der Waals surface area contributed by atoms with Crippen molar-refractivity contribution < 1.29 is 0 Å². The van der Waals surface area contributed by atoms with Gasteiger partial charge >= 0.3 is 0 Å². The number of fused-ring (bicyclic) bond motifs is 1. The van der Waals surface area contributed by atoms with Crippen molar-refractivity contribution in [3.05, 3.63) is 47.7 Å². The van der Waals surface area contributed by atoms with Crippen LogP contribution in [0.15, 0.2) is 41.5 Å². The fraction of sp³-hybridized carbons (Fsp3) is 0.500. The first kappa shape index (κ1) is 22.7. The van der Waals surface area contributed by atoms with Crippen molar-refractivity contribution in [2.45, 2.75) is 39.2 Å². The zero-order valence-electron chi connectivity index (χ0n) is 17.3. The third-order valence-electron chi connectivity index (χ3n) is 5.34. The van der Waals surface area contributed by atoms with Crippen LogP contribution in [-0.2, 0) is 6.42 Å². The number of hydrogen-bond donors (Lipinski definition) is 3. The molecule has 0 saturated carbocycles. The molecule has 0 aliphatic carbocycles. The fourth-order valence-corrected chi connectivity index (χ4v) is 3.89. The second-order valence-electron chi connectivity index (χ2n) is 7.71. The number of aryl methyl sites for hydroxylation is 1. The number of likely N-dealkylation sites (tertiary alicyclic amines) is 1. The van der Waals surface area contributed by atoms with Gasteiger partial charge in [0.05, 0.1) is 0 Å². The summed E-state index contributed by atoms with van der Waals surface area (Å²) in [6.07, 6.45) is 5.40. The van der Waals surface area contributed by atoms with Crippen LogP contribution in [0.3, 0.4) is 0 Å². The molecular weight excluding hydrogens is 461 g/mol. The third kappa shape index (κ3) is 5.98. The van der Waals surface area contributed by atoms with E-state index in [2.05, 4.69) is 70.3 Å². The maximum Gasteiger partial charge on any atom is 0.191 e. The Morgan fingerprint density at radius 1 is 1.32 bits per heavy atom. The highest BCUT2D eigenvalue weighted by Crippen LogP contribution is 2.21. The average molecular weight is 495 g/mol. The van der Waals surface area contributed by atoms with Gasteiger partial charge in [0, 0.05) is 56.4 Å². The van der Waals surface area contributed by atoms with Crippen LogP contribution in [0.2, 0.25) is 0 Å². The van der Waals surface area contributed by atoms with Crippen molar-refractivity contribution in [2.75, 3.05) is 33.2 Å². The van der Waals surface area contributed by atoms with Gasteiger partial charge in [0.15, 0.2) is 5.96 Å². The van der Waals surface area contributed by atoms with Crippen LogP contribution >= 0.6 is 24.0 Å². The summed E-state index contributed by atoms with van der Waals surface area (Å²) in [5, 5.41) is 8.39. The number of benzene rings is 1. The Balaban J connectivity index is 0.00000280. The SMILES string of the molecule is C=C(C)CN1CCC(NC(=NC)NCCc2c[nH]c3c(C)cccc23)CC1.I. The van der Waals surface area contributed by atoms with Crippen molar-refractivity contribution in [3.8, 4) is 0 Å². The summed E-state index contributed by atoms with van der Waals surface area (Å²) >= 11 is 0. The van der Waals surface area contributed by atoms with E-state index in [-0.39, 0.29) is 24.0 Å². The van der Waals surface area contributed by atoms with Gasteiger partial charge in [-0.1, -0.05) is 30.4 Å². The number of aromatic amines is 1. The molecule has 0 radical (unpaired) electrons. The number of H-pyrrole nitrogens is 1. The molecule has 5 nitrogen and oxygen atoms in total. The van der Waals surface area contributed by atoms with E-state index in [1.807, 2.05) is 7.05 Å². The van der Waals surface area contributed by atoms with E-state index in [9.17, 15) is 0 Å². The monoisotopic (exact) mass is 495 g/mol. The molecule has 2 heterocycles. The van der Waals surface area contributed by atoms with Crippen LogP contribution in [0.4, 0.5) is 0 Å². The minimum atomic E-state index is 0. The summed E-state index contributed by atoms with van der Waals surface area (Å²) in [5.41, 5.74) is 5.13. The molecule has 1 fully saturated rings. The second kappa shape index (κ2) is 10.9. The van der Waals surface area contributed by atoms with Gasteiger partial charge in [-0.2, -0.15) is 0 Å². The number of nitrogens with one attached hydrogen (secondary N) is 3. The summed E-state index contributed by atoms with van der Waals surface area (Å²) in [5.74, 6) is 0.907. The lowest BCUT2D eigenvalue weighted by molar-refractivity contribution is 0.221. The summed E-state index contributed by atoms with van der Waals surface area (Å²) in [4.78, 5) is 10.3. The van der Waals surface area contributed by atoms with Gasteiger partial charge in [0.2, 0.25) is 0 Å². The molecular formula is C22H34IN5. The number of halogens is 1. The number of piperidine rings is 1. The van der Waals surface area contributed by atoms with Crippen LogP contribution in [0.5, 0.6) is 0 Å². The lowest BCUT2D eigenvalue weighted by Crippen LogP contribution is -2.49. The quantitative estimate of drug-likeness (QED) is 0.247. The van der Waals surface area contributed by atoms with Crippen molar-refractivity contribution in [1.82, 2.24) is 20.5 Å². The summed E-state index contributed by atoms with van der Waals surface area (Å²) in [6.45, 7) is 12.4. The minimum Gasteiger partial charge on any atom is -0.361 e. The molecule has 6 heteroatoms. The fourth-order valence-electron chi connectivity index (χ4n) is 3.89. The Kier molecular flexibility index (Phi) is 8.82. The molecule has 2 aromatic rings. The normalized spacial score (nSPS) is 16.0. The summed E-state index contributed by atoms with van der Waals surface area (Å²) in [7, 11) is 1.85. The van der Waals surface area contributed by atoms with Crippen LogP contribution in [0.1, 0.15) is 30.9 Å². The molecule has 0 atom stereocenters. The Hall–Kier alpha value is -1.54. The average Bonchev–Trinajstić information content (AvgIpc) is 3.06. The molecule has 3 N–H and O–H groups in total. The Labute approximate surface area is 186 Å². The first-order valence-corrected chi connectivity index (χ1v) is 9.96. The molecule has 0 spiro atoms. The maximum absolute atomic E-state index is 4.40. The first-order valence-electron chi connectivity index (χ1n) is 9.96. The molecule has 1 aromatic carbocycles. The van der Waals surface area contributed by atoms with Gasteiger partial charge in [-0.3, -0.25) is 9.89 Å². The summed E-state index contributed by atoms with van der Waals surface area (Å²) in [6, 6.07) is 6.96. The highest BCUT2D eigenvalue weighted by molar-refractivity contribution is 14.0. The Morgan fingerprint density at radius 2 is 2.07 bits per heavy atom. The van der Waals surface area contributed by atoms with E-state index in [0.717, 1.165) is 51.4 Å². The predicted octanol–water partition coefficient (Wildman–Crippen LogP) is 3.84. The predicted molar refractivity (Wildman–Crippen MR) is 131 cm³/mol. The van der Waals surface area contributed by atoms with E-state index in [0.29, 0.717) is 6.04 Å². The van der Waals surface area contributed by atoms with E-state index < -0.39 is 0 Å². The molecule has 1 aliphatic heterocycles. The number of para-hydroxylation sites is 1. The topological polar surface area (TPSA) is 55.4 Å². The van der Waals surface area contributed by atoms with E-state index in [1.54, 1.807) is 0 Å². The number of aromatic nitrogens is 1. The maximum atomic E-state index is 4.40. The standard InChI is InChI=1S/C22H33N5.HI/c1-16(2)15-27-12-9-19(10-13-27)26-22(23-4)24-11-8-18-14-25-21-17(3)6-5-7-20(18)21;/h5-7,14,19,25H,1,8-13,15H2,2-4H3,(H2,23,24,26);1H. The number of guanidine groups is 1. The lowest BCUT2D eigenvalue weighted by atomic mass is 10.0. The smallest absolute Gasteiger partial charge is 0.191 e. The van der Waals surface area contributed by atoms with Crippen LogP contribution in [0, 0.1) is 6.92 Å². The van der Waals surface area contributed by atoms with E-state index >= 15 is 0 Å². The van der Waals surface area contributed by atoms with Crippen molar-refractivity contribution >= 4 is 40.8 Å². The second-order valence-corrected chi connectivity index (χ2v) is 7.71. The molecule has 1 saturated heterocycles. The largest absolute Gasteiger partial charge is 0.361 e. The zero-order chi connectivity index (χ0) is 19.2. The van der Waals surface area contributed by atoms with Crippen molar-refractivity contribution in [3.63, 3.8) is 0 Å². The molecule has 1 aliphatic rings. The van der Waals surface area contributed by atoms with Gasteiger partial charge in [-0.25, -0.2) is 0 Å². The molecule has 28 heavy (non-hydrogen) atoms. The third-order valence-corrected chi connectivity index (χ3v) is 5.34. The van der Waals surface area contributed by atoms with Crippen LogP contribution in [0.25, 0.3) is 10.9 Å². The molecule has 0 unspecified atom stereocenters. The highest BCUT2D eigenvalue weighted by Gasteiger charge is 2.19. The van der Waals surface area contributed by atoms with E-state index in [1.165, 1.54) is 27.6 Å². The first-order chi connectivity index (χ1) is 13.1. The van der Waals surface area contributed by atoms with E-state index in [4.69, 9.17) is 0 Å². The number of aliphatic imine (C=N–C) groups is 1. The van der Waals surface area contributed by atoms with Gasteiger partial charge in [0.1, 0.15) is 0 Å². The molecule has 154 valence electrons. The van der Waals surface area contributed by atoms with Gasteiger partial charge in [-0.15, -0.1) is 24.0 Å². The zero-order valence-corrected chi connectivity index (χ0v) is 19.7. The minimum absolute atomic E-state index is 0.